The average Bonchev–Trinajstić information content (AvgIpc) is 2.48. The minimum atomic E-state index is -0.0526. The van der Waals surface area contributed by atoms with Crippen LogP contribution in [0.25, 0.3) is 0 Å². The zero-order chi connectivity index (χ0) is 13.7. The van der Waals surface area contributed by atoms with Crippen molar-refractivity contribution in [2.45, 2.75) is 19.8 Å². The van der Waals surface area contributed by atoms with E-state index in [0.717, 1.165) is 6.42 Å². The molecular formula is C14H19N3O2. The van der Waals surface area contributed by atoms with Crippen molar-refractivity contribution in [2.75, 3.05) is 26.2 Å². The van der Waals surface area contributed by atoms with Gasteiger partial charge in [0.1, 0.15) is 5.69 Å². The first-order valence-corrected chi connectivity index (χ1v) is 6.70. The van der Waals surface area contributed by atoms with E-state index >= 15 is 0 Å². The Labute approximate surface area is 113 Å². The highest BCUT2D eigenvalue weighted by molar-refractivity contribution is 5.92. The minimum Gasteiger partial charge on any atom is -0.339 e. The van der Waals surface area contributed by atoms with Gasteiger partial charge in [-0.3, -0.25) is 14.6 Å². The van der Waals surface area contributed by atoms with Gasteiger partial charge < -0.3 is 9.80 Å². The van der Waals surface area contributed by atoms with Crippen LogP contribution in [0.3, 0.4) is 0 Å². The second-order valence-electron chi connectivity index (χ2n) is 4.64. The van der Waals surface area contributed by atoms with E-state index in [1.165, 1.54) is 0 Å². The Morgan fingerprint density at radius 3 is 2.42 bits per heavy atom. The van der Waals surface area contributed by atoms with E-state index in [1.54, 1.807) is 29.3 Å². The lowest BCUT2D eigenvalue weighted by Crippen LogP contribution is -2.50. The molecule has 5 nitrogen and oxygen atoms in total. The zero-order valence-electron chi connectivity index (χ0n) is 11.2. The first-order valence-electron chi connectivity index (χ1n) is 6.70. The first kappa shape index (κ1) is 13.5. The second kappa shape index (κ2) is 6.31. The van der Waals surface area contributed by atoms with Gasteiger partial charge in [0.25, 0.3) is 5.91 Å². The van der Waals surface area contributed by atoms with Crippen molar-refractivity contribution in [1.82, 2.24) is 14.8 Å². The van der Waals surface area contributed by atoms with Crippen LogP contribution in [0.15, 0.2) is 24.4 Å². The Hall–Kier alpha value is -1.91. The number of piperazine rings is 1. The molecule has 2 heterocycles. The third-order valence-corrected chi connectivity index (χ3v) is 3.27. The van der Waals surface area contributed by atoms with Gasteiger partial charge >= 0.3 is 0 Å². The van der Waals surface area contributed by atoms with Crippen LogP contribution in [0.2, 0.25) is 0 Å². The summed E-state index contributed by atoms with van der Waals surface area (Å²) in [4.78, 5) is 31.6. The highest BCUT2D eigenvalue weighted by Gasteiger charge is 2.24. The lowest BCUT2D eigenvalue weighted by atomic mass is 10.2. The molecule has 0 bridgehead atoms. The van der Waals surface area contributed by atoms with Gasteiger partial charge in [0.05, 0.1) is 0 Å². The normalized spacial score (nSPS) is 15.4. The van der Waals surface area contributed by atoms with Gasteiger partial charge in [0, 0.05) is 38.8 Å². The molecule has 0 atom stereocenters. The average molecular weight is 261 g/mol. The Kier molecular flexibility index (Phi) is 4.49. The van der Waals surface area contributed by atoms with Gasteiger partial charge in [-0.2, -0.15) is 0 Å². The molecule has 1 saturated heterocycles. The smallest absolute Gasteiger partial charge is 0.272 e. The summed E-state index contributed by atoms with van der Waals surface area (Å²) in [6.45, 7) is 4.42. The van der Waals surface area contributed by atoms with Gasteiger partial charge in [-0.1, -0.05) is 13.0 Å². The fourth-order valence-corrected chi connectivity index (χ4v) is 2.18. The van der Waals surface area contributed by atoms with Crippen LogP contribution in [0.1, 0.15) is 30.3 Å². The Balaban J connectivity index is 1.90. The largest absolute Gasteiger partial charge is 0.339 e. The molecule has 102 valence electrons. The van der Waals surface area contributed by atoms with Crippen LogP contribution in [0.4, 0.5) is 0 Å². The van der Waals surface area contributed by atoms with Crippen molar-refractivity contribution in [2.24, 2.45) is 0 Å². The quantitative estimate of drug-likeness (QED) is 0.820. The summed E-state index contributed by atoms with van der Waals surface area (Å²) >= 11 is 0. The molecule has 5 heteroatoms. The number of carbonyl (C=O) groups is 2. The van der Waals surface area contributed by atoms with Crippen molar-refractivity contribution >= 4 is 11.8 Å². The molecule has 2 amide bonds. The molecule has 19 heavy (non-hydrogen) atoms. The van der Waals surface area contributed by atoms with Crippen molar-refractivity contribution in [1.29, 1.82) is 0 Å². The maximum atomic E-state index is 12.2. The summed E-state index contributed by atoms with van der Waals surface area (Å²) in [6.07, 6.45) is 3.08. The second-order valence-corrected chi connectivity index (χ2v) is 4.64. The molecule has 1 aliphatic rings. The summed E-state index contributed by atoms with van der Waals surface area (Å²) in [6, 6.07) is 5.32. The maximum Gasteiger partial charge on any atom is 0.272 e. The number of nitrogens with zero attached hydrogens (tertiary/aromatic N) is 3. The number of rotatable bonds is 3. The van der Waals surface area contributed by atoms with E-state index in [-0.39, 0.29) is 11.8 Å². The topological polar surface area (TPSA) is 53.5 Å². The summed E-state index contributed by atoms with van der Waals surface area (Å²) in [7, 11) is 0. The fourth-order valence-electron chi connectivity index (χ4n) is 2.18. The van der Waals surface area contributed by atoms with E-state index in [2.05, 4.69) is 4.98 Å². The molecule has 0 aliphatic carbocycles. The van der Waals surface area contributed by atoms with Crippen LogP contribution < -0.4 is 0 Å². The molecule has 0 radical (unpaired) electrons. The zero-order valence-corrected chi connectivity index (χ0v) is 11.2. The van der Waals surface area contributed by atoms with Crippen molar-refractivity contribution in [3.05, 3.63) is 30.1 Å². The third-order valence-electron chi connectivity index (χ3n) is 3.27. The summed E-state index contributed by atoms with van der Waals surface area (Å²) in [5.74, 6) is 0.135. The third kappa shape index (κ3) is 3.30. The Bertz CT molecular complexity index is 439. The standard InChI is InChI=1S/C14H19N3O2/c1-2-5-13(18)16-8-10-17(11-9-16)14(19)12-6-3-4-7-15-12/h3-4,6-7H,2,5,8-11H2,1H3. The van der Waals surface area contributed by atoms with E-state index in [0.29, 0.717) is 38.3 Å². The lowest BCUT2D eigenvalue weighted by molar-refractivity contribution is -0.132. The summed E-state index contributed by atoms with van der Waals surface area (Å²) in [5.41, 5.74) is 0.468. The van der Waals surface area contributed by atoms with Crippen molar-refractivity contribution in [3.8, 4) is 0 Å². The number of aromatic nitrogens is 1. The van der Waals surface area contributed by atoms with Crippen molar-refractivity contribution in [3.63, 3.8) is 0 Å². The van der Waals surface area contributed by atoms with E-state index < -0.39 is 0 Å². The minimum absolute atomic E-state index is 0.0526. The number of carbonyl (C=O) groups excluding carboxylic acids is 2. The van der Waals surface area contributed by atoms with Gasteiger partial charge in [-0.05, 0) is 18.6 Å². The van der Waals surface area contributed by atoms with Crippen LogP contribution in [0.5, 0.6) is 0 Å². The molecule has 2 rings (SSSR count). The molecule has 0 unspecified atom stereocenters. The molecule has 1 aromatic rings. The van der Waals surface area contributed by atoms with Gasteiger partial charge in [0.2, 0.25) is 5.91 Å². The van der Waals surface area contributed by atoms with Gasteiger partial charge in [0.15, 0.2) is 0 Å². The number of amides is 2. The van der Waals surface area contributed by atoms with Crippen LogP contribution >= 0.6 is 0 Å². The van der Waals surface area contributed by atoms with E-state index in [4.69, 9.17) is 0 Å². The lowest BCUT2D eigenvalue weighted by Gasteiger charge is -2.34. The first-order chi connectivity index (χ1) is 9.22. The molecule has 1 fully saturated rings. The molecule has 0 saturated carbocycles. The predicted molar refractivity (Wildman–Crippen MR) is 71.6 cm³/mol. The fraction of sp³-hybridized carbons (Fsp3) is 0.500. The van der Waals surface area contributed by atoms with Crippen LogP contribution in [-0.2, 0) is 4.79 Å². The Morgan fingerprint density at radius 2 is 1.84 bits per heavy atom. The highest BCUT2D eigenvalue weighted by Crippen LogP contribution is 2.08. The number of hydrogen-bond acceptors (Lipinski definition) is 3. The van der Waals surface area contributed by atoms with Crippen LogP contribution in [-0.4, -0.2) is 52.8 Å². The molecule has 0 aromatic carbocycles. The Morgan fingerprint density at radius 1 is 1.16 bits per heavy atom. The maximum absolute atomic E-state index is 12.2. The summed E-state index contributed by atoms with van der Waals surface area (Å²) in [5, 5.41) is 0. The summed E-state index contributed by atoms with van der Waals surface area (Å²) < 4.78 is 0. The van der Waals surface area contributed by atoms with Crippen molar-refractivity contribution < 1.29 is 9.59 Å². The van der Waals surface area contributed by atoms with Gasteiger partial charge in [-0.15, -0.1) is 0 Å². The monoisotopic (exact) mass is 261 g/mol. The van der Waals surface area contributed by atoms with Crippen LogP contribution in [0, 0.1) is 0 Å². The highest BCUT2D eigenvalue weighted by atomic mass is 16.2. The number of pyridine rings is 1. The predicted octanol–water partition coefficient (Wildman–Crippen LogP) is 1.17. The molecule has 1 aliphatic heterocycles. The molecular weight excluding hydrogens is 242 g/mol. The molecule has 1 aromatic heterocycles. The molecule has 0 spiro atoms. The molecule has 0 N–H and O–H groups in total. The van der Waals surface area contributed by atoms with E-state index in [1.807, 2.05) is 11.8 Å². The van der Waals surface area contributed by atoms with Gasteiger partial charge in [-0.25, -0.2) is 0 Å². The SMILES string of the molecule is CCCC(=O)N1CCN(C(=O)c2ccccn2)CC1. The number of hydrogen-bond donors (Lipinski definition) is 0. The van der Waals surface area contributed by atoms with E-state index in [9.17, 15) is 9.59 Å².